The predicted octanol–water partition coefficient (Wildman–Crippen LogP) is 1.53. The van der Waals surface area contributed by atoms with E-state index >= 15 is 0 Å². The van der Waals surface area contributed by atoms with Gasteiger partial charge in [0.2, 0.25) is 0 Å². The van der Waals surface area contributed by atoms with E-state index in [2.05, 4.69) is 19.1 Å². The standard InChI is InChI=1S/C10H12O2/c1-10-6-3-2-5(4-6)7(10)8(10)9(11)12/h2-3,5-8H,4H2,1H3,(H,11,12). The van der Waals surface area contributed by atoms with E-state index < -0.39 is 5.97 Å². The highest BCUT2D eigenvalue weighted by Gasteiger charge is 2.75. The van der Waals surface area contributed by atoms with Crippen LogP contribution in [0.5, 0.6) is 0 Å². The van der Waals surface area contributed by atoms with Gasteiger partial charge in [-0.1, -0.05) is 19.1 Å². The van der Waals surface area contributed by atoms with Crippen LogP contribution in [0.1, 0.15) is 13.3 Å². The molecule has 0 spiro atoms. The van der Waals surface area contributed by atoms with Gasteiger partial charge in [0.25, 0.3) is 0 Å². The molecule has 0 radical (unpaired) electrons. The quantitative estimate of drug-likeness (QED) is 0.597. The van der Waals surface area contributed by atoms with E-state index in [-0.39, 0.29) is 11.3 Å². The molecule has 1 N–H and O–H groups in total. The molecule has 2 heteroatoms. The van der Waals surface area contributed by atoms with Crippen molar-refractivity contribution in [2.45, 2.75) is 13.3 Å². The minimum Gasteiger partial charge on any atom is -0.481 e. The zero-order valence-electron chi connectivity index (χ0n) is 7.03. The maximum absolute atomic E-state index is 10.9. The molecule has 2 nitrogen and oxygen atoms in total. The van der Waals surface area contributed by atoms with Crippen LogP contribution in [0.25, 0.3) is 0 Å². The molecular weight excluding hydrogens is 152 g/mol. The van der Waals surface area contributed by atoms with Crippen molar-refractivity contribution < 1.29 is 9.90 Å². The van der Waals surface area contributed by atoms with Gasteiger partial charge in [-0.25, -0.2) is 0 Å². The summed E-state index contributed by atoms with van der Waals surface area (Å²) in [7, 11) is 0. The van der Waals surface area contributed by atoms with Crippen LogP contribution in [0.3, 0.4) is 0 Å². The molecule has 0 aromatic carbocycles. The Bertz CT molecular complexity index is 294. The van der Waals surface area contributed by atoms with Gasteiger partial charge in [-0.3, -0.25) is 4.79 Å². The second-order valence-corrected chi connectivity index (χ2v) is 4.60. The SMILES string of the molecule is CC12C3C=CC(C3)C1C2C(=O)O. The molecule has 64 valence electrons. The summed E-state index contributed by atoms with van der Waals surface area (Å²) in [5.74, 6) is 0.983. The smallest absolute Gasteiger partial charge is 0.307 e. The van der Waals surface area contributed by atoms with Crippen molar-refractivity contribution in [1.82, 2.24) is 0 Å². The lowest BCUT2D eigenvalue weighted by Crippen LogP contribution is -2.14. The third-order valence-corrected chi connectivity index (χ3v) is 4.28. The predicted molar refractivity (Wildman–Crippen MR) is 43.5 cm³/mol. The molecule has 0 aliphatic heterocycles. The lowest BCUT2D eigenvalue weighted by Gasteiger charge is -2.13. The zero-order valence-corrected chi connectivity index (χ0v) is 7.03. The summed E-state index contributed by atoms with van der Waals surface area (Å²) in [6.07, 6.45) is 5.66. The van der Waals surface area contributed by atoms with Crippen LogP contribution in [0, 0.1) is 29.1 Å². The number of fused-ring (bicyclic) bond motifs is 5. The van der Waals surface area contributed by atoms with Crippen molar-refractivity contribution in [3.63, 3.8) is 0 Å². The van der Waals surface area contributed by atoms with E-state index in [0.717, 1.165) is 0 Å². The maximum Gasteiger partial charge on any atom is 0.307 e. The van der Waals surface area contributed by atoms with Crippen molar-refractivity contribution >= 4 is 5.97 Å². The van der Waals surface area contributed by atoms with E-state index in [1.165, 1.54) is 6.42 Å². The van der Waals surface area contributed by atoms with Gasteiger partial charge in [0.1, 0.15) is 0 Å². The van der Waals surface area contributed by atoms with E-state index in [1.54, 1.807) is 0 Å². The first-order chi connectivity index (χ1) is 5.65. The van der Waals surface area contributed by atoms with Gasteiger partial charge in [0, 0.05) is 0 Å². The minimum absolute atomic E-state index is 0.0451. The summed E-state index contributed by atoms with van der Waals surface area (Å²) in [5.41, 5.74) is 0.130. The highest BCUT2D eigenvalue weighted by Crippen LogP contribution is 2.75. The second kappa shape index (κ2) is 1.61. The number of carboxylic acids is 1. The molecule has 2 fully saturated rings. The topological polar surface area (TPSA) is 37.3 Å². The molecule has 3 rings (SSSR count). The Balaban J connectivity index is 1.99. The highest BCUT2D eigenvalue weighted by molar-refractivity contribution is 5.77. The zero-order chi connectivity index (χ0) is 8.51. The van der Waals surface area contributed by atoms with E-state index in [4.69, 9.17) is 5.11 Å². The van der Waals surface area contributed by atoms with Gasteiger partial charge in [-0.2, -0.15) is 0 Å². The van der Waals surface area contributed by atoms with Crippen LogP contribution in [-0.2, 0) is 4.79 Å². The lowest BCUT2D eigenvalue weighted by atomic mass is 9.90. The van der Waals surface area contributed by atoms with Crippen molar-refractivity contribution in [2.75, 3.05) is 0 Å². The number of aliphatic carboxylic acids is 1. The van der Waals surface area contributed by atoms with Gasteiger partial charge >= 0.3 is 5.97 Å². The van der Waals surface area contributed by atoms with Gasteiger partial charge in [0.15, 0.2) is 0 Å². The van der Waals surface area contributed by atoms with Crippen LogP contribution in [0.15, 0.2) is 12.2 Å². The van der Waals surface area contributed by atoms with Crippen LogP contribution in [0.4, 0.5) is 0 Å². The van der Waals surface area contributed by atoms with Crippen molar-refractivity contribution in [1.29, 1.82) is 0 Å². The Morgan fingerprint density at radius 1 is 1.58 bits per heavy atom. The summed E-state index contributed by atoms with van der Waals surface area (Å²) in [6.45, 7) is 2.14. The average Bonchev–Trinajstić information content (AvgIpc) is 2.40. The van der Waals surface area contributed by atoms with Crippen LogP contribution in [-0.4, -0.2) is 11.1 Å². The van der Waals surface area contributed by atoms with Crippen LogP contribution in [0.2, 0.25) is 0 Å². The maximum atomic E-state index is 10.9. The van der Waals surface area contributed by atoms with Crippen molar-refractivity contribution in [3.8, 4) is 0 Å². The fraction of sp³-hybridized carbons (Fsp3) is 0.700. The van der Waals surface area contributed by atoms with Gasteiger partial charge in [-0.05, 0) is 29.6 Å². The molecule has 3 aliphatic rings. The second-order valence-electron chi connectivity index (χ2n) is 4.60. The summed E-state index contributed by atoms with van der Waals surface area (Å²) < 4.78 is 0. The number of carboxylic acid groups (broad SMARTS) is 1. The van der Waals surface area contributed by atoms with Crippen LogP contribution >= 0.6 is 0 Å². The number of carbonyl (C=O) groups is 1. The first-order valence-electron chi connectivity index (χ1n) is 4.57. The normalized spacial score (nSPS) is 58.8. The molecule has 12 heavy (non-hydrogen) atoms. The third kappa shape index (κ3) is 0.473. The number of hydrogen-bond acceptors (Lipinski definition) is 1. The molecule has 0 aromatic heterocycles. The molecule has 3 aliphatic carbocycles. The molecule has 2 saturated carbocycles. The van der Waals surface area contributed by atoms with E-state index in [9.17, 15) is 4.79 Å². The fourth-order valence-electron chi connectivity index (χ4n) is 3.63. The fourth-order valence-corrected chi connectivity index (χ4v) is 3.63. The minimum atomic E-state index is -0.582. The van der Waals surface area contributed by atoms with Crippen LogP contribution < -0.4 is 0 Å². The number of allylic oxidation sites excluding steroid dienone is 2. The number of rotatable bonds is 1. The molecule has 5 unspecified atom stereocenters. The first-order valence-corrected chi connectivity index (χ1v) is 4.57. The molecule has 2 bridgehead atoms. The van der Waals surface area contributed by atoms with Crippen molar-refractivity contribution in [2.24, 2.45) is 29.1 Å². The summed E-state index contributed by atoms with van der Waals surface area (Å²) in [6, 6.07) is 0. The molecular formula is C10H12O2. The van der Waals surface area contributed by atoms with Crippen molar-refractivity contribution in [3.05, 3.63) is 12.2 Å². The highest BCUT2D eigenvalue weighted by atomic mass is 16.4. The Morgan fingerprint density at radius 3 is 2.83 bits per heavy atom. The lowest BCUT2D eigenvalue weighted by molar-refractivity contribution is -0.140. The largest absolute Gasteiger partial charge is 0.481 e. The van der Waals surface area contributed by atoms with Gasteiger partial charge in [0.05, 0.1) is 5.92 Å². The van der Waals surface area contributed by atoms with Gasteiger partial charge in [-0.15, -0.1) is 0 Å². The molecule has 5 atom stereocenters. The van der Waals surface area contributed by atoms with E-state index in [0.29, 0.717) is 17.8 Å². The summed E-state index contributed by atoms with van der Waals surface area (Å²) >= 11 is 0. The monoisotopic (exact) mass is 164 g/mol. The summed E-state index contributed by atoms with van der Waals surface area (Å²) in [5, 5.41) is 8.96. The summed E-state index contributed by atoms with van der Waals surface area (Å²) in [4.78, 5) is 10.9. The third-order valence-electron chi connectivity index (χ3n) is 4.28. The molecule has 0 saturated heterocycles. The molecule has 0 heterocycles. The Kier molecular flexibility index (Phi) is 0.897. The average molecular weight is 164 g/mol. The Labute approximate surface area is 71.3 Å². The first kappa shape index (κ1) is 6.70. The Morgan fingerprint density at radius 2 is 2.33 bits per heavy atom. The Hall–Kier alpha value is -0.790. The van der Waals surface area contributed by atoms with Gasteiger partial charge < -0.3 is 5.11 Å². The van der Waals surface area contributed by atoms with E-state index in [1.807, 2.05) is 0 Å². The molecule has 0 amide bonds. The molecule has 0 aromatic rings. The number of hydrogen-bond donors (Lipinski definition) is 1.